The Morgan fingerprint density at radius 2 is 1.98 bits per heavy atom. The van der Waals surface area contributed by atoms with Gasteiger partial charge < -0.3 is 39.2 Å². The van der Waals surface area contributed by atoms with E-state index in [1.807, 2.05) is 18.2 Å². The first-order valence-electron chi connectivity index (χ1n) is 18.9. The highest BCUT2D eigenvalue weighted by molar-refractivity contribution is 6.05. The molecular formula is C41H44FN5O6. The van der Waals surface area contributed by atoms with Gasteiger partial charge in [-0.2, -0.15) is 9.97 Å². The lowest BCUT2D eigenvalue weighted by Gasteiger charge is -2.40. The minimum Gasteiger partial charge on any atom is -0.508 e. The van der Waals surface area contributed by atoms with E-state index in [0.717, 1.165) is 64.7 Å². The highest BCUT2D eigenvalue weighted by atomic mass is 19.1. The number of hydrogen-bond donors (Lipinski definition) is 2. The maximum absolute atomic E-state index is 17.2. The van der Waals surface area contributed by atoms with Crippen molar-refractivity contribution >= 4 is 33.5 Å². The maximum Gasteiger partial charge on any atom is 0.332 e. The first-order valence-corrected chi connectivity index (χ1v) is 18.9. The number of esters is 1. The Labute approximate surface area is 307 Å². The van der Waals surface area contributed by atoms with Crippen molar-refractivity contribution in [3.63, 3.8) is 0 Å². The molecule has 11 nitrogen and oxygen atoms in total. The van der Waals surface area contributed by atoms with Crippen LogP contribution in [0.3, 0.4) is 0 Å². The number of rotatable bonds is 10. The van der Waals surface area contributed by atoms with E-state index in [4.69, 9.17) is 35.3 Å². The van der Waals surface area contributed by atoms with E-state index in [-0.39, 0.29) is 59.0 Å². The zero-order chi connectivity index (χ0) is 36.3. The summed E-state index contributed by atoms with van der Waals surface area (Å²) in [6, 6.07) is 11.1. The fourth-order valence-corrected chi connectivity index (χ4v) is 8.89. The smallest absolute Gasteiger partial charge is 0.332 e. The number of fused-ring (bicyclic) bond motifs is 6. The van der Waals surface area contributed by atoms with Gasteiger partial charge in [0.1, 0.15) is 36.0 Å². The fourth-order valence-electron chi connectivity index (χ4n) is 8.89. The molecule has 0 unspecified atom stereocenters. The molecular weight excluding hydrogens is 677 g/mol. The van der Waals surface area contributed by atoms with Crippen LogP contribution >= 0.6 is 0 Å². The molecule has 1 aliphatic carbocycles. The normalized spacial score (nSPS) is 23.3. The lowest BCUT2D eigenvalue weighted by atomic mass is 9.93. The minimum atomic E-state index is -0.551. The molecule has 3 aromatic carbocycles. The third-order valence-corrected chi connectivity index (χ3v) is 11.8. The van der Waals surface area contributed by atoms with E-state index in [9.17, 15) is 9.90 Å². The Bertz CT molecular complexity index is 2130. The average molecular weight is 722 g/mol. The number of halogens is 1. The van der Waals surface area contributed by atoms with Crippen molar-refractivity contribution in [1.82, 2.24) is 20.2 Å². The Kier molecular flexibility index (Phi) is 8.76. The molecule has 4 aromatic rings. The molecule has 1 saturated carbocycles. The summed E-state index contributed by atoms with van der Waals surface area (Å²) >= 11 is 0. The van der Waals surface area contributed by atoms with Gasteiger partial charge in [0, 0.05) is 60.2 Å². The Morgan fingerprint density at radius 3 is 2.77 bits per heavy atom. The monoisotopic (exact) mass is 721 g/mol. The van der Waals surface area contributed by atoms with Crippen LogP contribution in [0.4, 0.5) is 10.2 Å². The number of aromatic hydroxyl groups is 1. The summed E-state index contributed by atoms with van der Waals surface area (Å²) in [6.07, 6.45) is 11.8. The molecule has 4 aliphatic heterocycles. The van der Waals surface area contributed by atoms with E-state index in [1.54, 1.807) is 25.1 Å². The van der Waals surface area contributed by atoms with Gasteiger partial charge in [0.2, 0.25) is 0 Å². The number of likely N-dealkylation sites (tertiary alicyclic amines) is 1. The minimum absolute atomic E-state index is 0.00254. The number of piperazine rings is 1. The molecule has 12 heteroatoms. The number of terminal acetylenes is 1. The van der Waals surface area contributed by atoms with E-state index < -0.39 is 5.82 Å². The summed E-state index contributed by atoms with van der Waals surface area (Å²) < 4.78 is 41.0. The van der Waals surface area contributed by atoms with Crippen molar-refractivity contribution in [1.29, 1.82) is 0 Å². The van der Waals surface area contributed by atoms with Crippen molar-refractivity contribution in [2.75, 3.05) is 57.5 Å². The van der Waals surface area contributed by atoms with Gasteiger partial charge in [-0.1, -0.05) is 18.1 Å². The first-order chi connectivity index (χ1) is 25.8. The number of carbonyl (C=O) groups is 1. The van der Waals surface area contributed by atoms with Gasteiger partial charge in [-0.05, 0) is 80.7 Å². The number of phenolic OH excluding ortho intramolecular Hbond substituents is 1. The summed E-state index contributed by atoms with van der Waals surface area (Å²) in [4.78, 5) is 26.3. The molecule has 53 heavy (non-hydrogen) atoms. The van der Waals surface area contributed by atoms with Crippen LogP contribution in [0.5, 0.6) is 17.5 Å². The summed E-state index contributed by atoms with van der Waals surface area (Å²) in [5, 5.41) is 16.4. The largest absolute Gasteiger partial charge is 0.508 e. The van der Waals surface area contributed by atoms with Gasteiger partial charge >= 0.3 is 12.0 Å². The Morgan fingerprint density at radius 1 is 1.13 bits per heavy atom. The van der Waals surface area contributed by atoms with Crippen LogP contribution in [0.25, 0.3) is 32.8 Å². The van der Waals surface area contributed by atoms with E-state index in [1.165, 1.54) is 0 Å². The number of hydrogen-bond acceptors (Lipinski definition) is 11. The molecule has 0 radical (unpaired) electrons. The van der Waals surface area contributed by atoms with Crippen LogP contribution < -0.4 is 19.7 Å². The average Bonchev–Trinajstić information content (AvgIpc) is 3.86. The van der Waals surface area contributed by atoms with Gasteiger partial charge in [0.15, 0.2) is 5.82 Å². The molecule has 1 aromatic heterocycles. The van der Waals surface area contributed by atoms with Crippen LogP contribution in [0.15, 0.2) is 36.4 Å². The topological polar surface area (TPSA) is 119 Å². The highest BCUT2D eigenvalue weighted by Crippen LogP contribution is 2.49. The number of piperidine rings is 1. The Balaban J connectivity index is 1.03. The second-order valence-corrected chi connectivity index (χ2v) is 15.3. The second-order valence-electron chi connectivity index (χ2n) is 15.3. The molecule has 3 atom stereocenters. The van der Waals surface area contributed by atoms with Crippen LogP contribution in [0, 0.1) is 23.6 Å². The molecule has 3 saturated heterocycles. The number of nitrogens with one attached hydrogen (secondary N) is 1. The van der Waals surface area contributed by atoms with E-state index in [0.29, 0.717) is 64.7 Å². The molecule has 5 aliphatic rings. The molecule has 0 spiro atoms. The summed E-state index contributed by atoms with van der Waals surface area (Å²) in [7, 11) is 0. The van der Waals surface area contributed by atoms with Crippen molar-refractivity contribution in [2.24, 2.45) is 5.41 Å². The SMILES string of the molecule is C#Cc1cccc2cc(O)cc(-c3cc4c5c(nc(OCC6(CN7CCC(OCC(=O)OCC)CC7)CC6)nc5c3F)N3C[C@H]5CC[C@H](N5)[C@H]3CO4)c12. The predicted molar refractivity (Wildman–Crippen MR) is 198 cm³/mol. The van der Waals surface area contributed by atoms with Crippen molar-refractivity contribution in [2.45, 2.75) is 69.7 Å². The zero-order valence-corrected chi connectivity index (χ0v) is 29.9. The highest BCUT2D eigenvalue weighted by Gasteiger charge is 2.46. The third kappa shape index (κ3) is 6.38. The molecule has 9 rings (SSSR count). The van der Waals surface area contributed by atoms with Crippen molar-refractivity contribution in [3.8, 4) is 41.0 Å². The summed E-state index contributed by atoms with van der Waals surface area (Å²) in [5.74, 6) is 2.98. The van der Waals surface area contributed by atoms with Gasteiger partial charge in [0.05, 0.1) is 30.7 Å². The van der Waals surface area contributed by atoms with Crippen LogP contribution in [0.2, 0.25) is 0 Å². The van der Waals surface area contributed by atoms with Gasteiger partial charge in [-0.15, -0.1) is 6.42 Å². The van der Waals surface area contributed by atoms with Crippen LogP contribution in [0.1, 0.15) is 51.0 Å². The van der Waals surface area contributed by atoms with Crippen LogP contribution in [-0.2, 0) is 14.3 Å². The number of aromatic nitrogens is 2. The number of anilines is 1. The third-order valence-electron chi connectivity index (χ3n) is 11.8. The molecule has 276 valence electrons. The number of benzene rings is 3. The van der Waals surface area contributed by atoms with Gasteiger partial charge in [0.25, 0.3) is 0 Å². The zero-order valence-electron chi connectivity index (χ0n) is 29.9. The molecule has 2 N–H and O–H groups in total. The van der Waals surface area contributed by atoms with E-state index in [2.05, 4.69) is 21.0 Å². The molecule has 5 heterocycles. The molecule has 2 bridgehead atoms. The van der Waals surface area contributed by atoms with Crippen molar-refractivity contribution < 1.29 is 33.2 Å². The standard InChI is InChI=1S/C41H44FN5O6/c1-3-24-6-5-7-25-16-27(48)17-29(35(24)25)30-18-33-36-38(37(30)42)44-40(45-39(36)47-19-26-8-9-31(43-26)32(47)20-52-33)53-23-41(12-13-41)22-46-14-10-28(11-15-46)51-21-34(49)50-4-2/h1,5-7,16-18,26,28,31-32,43,48H,4,8-15,19-23H2,2H3/t26-,31+,32-/m1/s1. The number of ether oxygens (including phenoxy) is 4. The number of carbonyl (C=O) groups excluding carboxylic acids is 1. The maximum atomic E-state index is 17.2. The quantitative estimate of drug-likeness (QED) is 0.167. The molecule has 0 amide bonds. The fraction of sp³-hybridized carbons (Fsp3) is 0.488. The van der Waals surface area contributed by atoms with Gasteiger partial charge in [-0.25, -0.2) is 9.18 Å². The first kappa shape index (κ1) is 34.1. The van der Waals surface area contributed by atoms with Gasteiger partial charge in [-0.3, -0.25) is 0 Å². The number of phenols is 1. The number of nitrogens with zero attached hydrogens (tertiary/aromatic N) is 4. The lowest BCUT2D eigenvalue weighted by molar-refractivity contribution is -0.151. The summed E-state index contributed by atoms with van der Waals surface area (Å²) in [6.45, 7) is 6.31. The van der Waals surface area contributed by atoms with Crippen LogP contribution in [-0.4, -0.2) is 103 Å². The molecule has 4 fully saturated rings. The van der Waals surface area contributed by atoms with E-state index >= 15 is 4.39 Å². The Hall–Kier alpha value is -4.70. The second kappa shape index (κ2) is 13.6. The predicted octanol–water partition coefficient (Wildman–Crippen LogP) is 5.18. The summed E-state index contributed by atoms with van der Waals surface area (Å²) in [5.41, 5.74) is 1.37. The lowest BCUT2D eigenvalue weighted by Crippen LogP contribution is -2.60. The van der Waals surface area contributed by atoms with Crippen molar-refractivity contribution in [3.05, 3.63) is 47.8 Å².